The summed E-state index contributed by atoms with van der Waals surface area (Å²) in [6, 6.07) is 9.07. The zero-order chi connectivity index (χ0) is 18.6. The summed E-state index contributed by atoms with van der Waals surface area (Å²) < 4.78 is 0. The molecule has 1 aromatic rings. The van der Waals surface area contributed by atoms with E-state index in [2.05, 4.69) is 59.7 Å². The number of benzene rings is 1. The van der Waals surface area contributed by atoms with Crippen molar-refractivity contribution in [2.24, 2.45) is 0 Å². The maximum absolute atomic E-state index is 12.4. The van der Waals surface area contributed by atoms with Crippen LogP contribution in [-0.4, -0.2) is 66.4 Å². The van der Waals surface area contributed by atoms with Crippen molar-refractivity contribution in [1.82, 2.24) is 14.7 Å². The number of piperidine rings is 1. The number of hydrogen-bond acceptors (Lipinski definition) is 3. The van der Waals surface area contributed by atoms with Crippen LogP contribution in [0.3, 0.4) is 0 Å². The van der Waals surface area contributed by atoms with Gasteiger partial charge in [-0.3, -0.25) is 14.6 Å². The minimum Gasteiger partial charge on any atom is -0.342 e. The SMILES string of the molecule is CC(C)(C)c1ccc(CN2CCN(CC(=O)N3CCCCC3)CC2)cc1. The number of likely N-dealkylation sites (tertiary alicyclic amines) is 1. The molecule has 0 spiro atoms. The van der Waals surface area contributed by atoms with Crippen molar-refractivity contribution >= 4 is 5.91 Å². The summed E-state index contributed by atoms with van der Waals surface area (Å²) in [5.41, 5.74) is 2.99. The first-order valence-corrected chi connectivity index (χ1v) is 10.2. The first-order chi connectivity index (χ1) is 12.4. The van der Waals surface area contributed by atoms with Gasteiger partial charge in [0.05, 0.1) is 6.54 Å². The van der Waals surface area contributed by atoms with E-state index >= 15 is 0 Å². The highest BCUT2D eigenvalue weighted by Crippen LogP contribution is 2.22. The minimum absolute atomic E-state index is 0.213. The van der Waals surface area contributed by atoms with Crippen molar-refractivity contribution in [3.05, 3.63) is 35.4 Å². The lowest BCUT2D eigenvalue weighted by atomic mass is 9.87. The van der Waals surface area contributed by atoms with Gasteiger partial charge in [-0.2, -0.15) is 0 Å². The third-order valence-electron chi connectivity index (χ3n) is 5.76. The molecule has 26 heavy (non-hydrogen) atoms. The molecule has 0 radical (unpaired) electrons. The van der Waals surface area contributed by atoms with Crippen LogP contribution in [0.15, 0.2) is 24.3 Å². The summed E-state index contributed by atoms with van der Waals surface area (Å²) in [6.07, 6.45) is 3.63. The first-order valence-electron chi connectivity index (χ1n) is 10.2. The Hall–Kier alpha value is -1.39. The largest absolute Gasteiger partial charge is 0.342 e. The molecule has 0 atom stereocenters. The highest BCUT2D eigenvalue weighted by molar-refractivity contribution is 5.78. The predicted molar refractivity (Wildman–Crippen MR) is 107 cm³/mol. The summed E-state index contributed by atoms with van der Waals surface area (Å²) in [5, 5.41) is 0. The van der Waals surface area contributed by atoms with E-state index in [1.165, 1.54) is 30.4 Å². The van der Waals surface area contributed by atoms with E-state index < -0.39 is 0 Å². The quantitative estimate of drug-likeness (QED) is 0.828. The number of carbonyl (C=O) groups is 1. The Morgan fingerprint density at radius 1 is 0.846 bits per heavy atom. The summed E-state index contributed by atoms with van der Waals surface area (Å²) in [4.78, 5) is 19.3. The highest BCUT2D eigenvalue weighted by Gasteiger charge is 2.23. The number of carbonyl (C=O) groups excluding carboxylic acids is 1. The second-order valence-electron chi connectivity index (χ2n) is 8.94. The van der Waals surface area contributed by atoms with Gasteiger partial charge in [-0.1, -0.05) is 45.0 Å². The van der Waals surface area contributed by atoms with Crippen molar-refractivity contribution in [2.45, 2.75) is 52.0 Å². The molecular weight excluding hydrogens is 322 g/mol. The molecule has 2 fully saturated rings. The molecule has 1 aromatic carbocycles. The van der Waals surface area contributed by atoms with Crippen molar-refractivity contribution < 1.29 is 4.79 Å². The Morgan fingerprint density at radius 3 is 2.00 bits per heavy atom. The van der Waals surface area contributed by atoms with Crippen molar-refractivity contribution in [3.63, 3.8) is 0 Å². The Morgan fingerprint density at radius 2 is 1.42 bits per heavy atom. The second-order valence-corrected chi connectivity index (χ2v) is 8.94. The number of amides is 1. The normalized spacial score (nSPS) is 20.3. The van der Waals surface area contributed by atoms with Gasteiger partial charge in [0.1, 0.15) is 0 Å². The summed E-state index contributed by atoms with van der Waals surface area (Å²) >= 11 is 0. The third-order valence-corrected chi connectivity index (χ3v) is 5.76. The van der Waals surface area contributed by atoms with Gasteiger partial charge in [0, 0.05) is 45.8 Å². The average molecular weight is 358 g/mol. The second kappa shape index (κ2) is 8.53. The van der Waals surface area contributed by atoms with Crippen LogP contribution in [0.2, 0.25) is 0 Å². The number of rotatable bonds is 4. The van der Waals surface area contributed by atoms with Gasteiger partial charge in [0.25, 0.3) is 0 Å². The fourth-order valence-electron chi connectivity index (χ4n) is 3.91. The lowest BCUT2D eigenvalue weighted by molar-refractivity contribution is -0.133. The van der Waals surface area contributed by atoms with Crippen LogP contribution in [0.4, 0.5) is 0 Å². The van der Waals surface area contributed by atoms with Gasteiger partial charge < -0.3 is 4.90 Å². The molecule has 2 aliphatic rings. The topological polar surface area (TPSA) is 26.8 Å². The fourth-order valence-corrected chi connectivity index (χ4v) is 3.91. The molecular formula is C22H35N3O. The van der Waals surface area contributed by atoms with Gasteiger partial charge in [-0.15, -0.1) is 0 Å². The van der Waals surface area contributed by atoms with Gasteiger partial charge in [0.15, 0.2) is 0 Å². The minimum atomic E-state index is 0.213. The van der Waals surface area contributed by atoms with Gasteiger partial charge in [-0.25, -0.2) is 0 Å². The van der Waals surface area contributed by atoms with E-state index in [0.29, 0.717) is 12.5 Å². The summed E-state index contributed by atoms with van der Waals surface area (Å²) in [5.74, 6) is 0.330. The van der Waals surface area contributed by atoms with Crippen LogP contribution < -0.4 is 0 Å². The fraction of sp³-hybridized carbons (Fsp3) is 0.682. The van der Waals surface area contributed by atoms with Gasteiger partial charge in [0.2, 0.25) is 5.91 Å². The Bertz CT molecular complexity index is 576. The van der Waals surface area contributed by atoms with Crippen molar-refractivity contribution in [3.8, 4) is 0 Å². The molecule has 0 bridgehead atoms. The molecule has 4 nitrogen and oxygen atoms in total. The van der Waals surface area contributed by atoms with Gasteiger partial charge in [-0.05, 0) is 35.8 Å². The highest BCUT2D eigenvalue weighted by atomic mass is 16.2. The van der Waals surface area contributed by atoms with Crippen LogP contribution in [0.25, 0.3) is 0 Å². The van der Waals surface area contributed by atoms with E-state index in [1.807, 2.05) is 0 Å². The standard InChI is InChI=1S/C22H35N3O/c1-22(2,3)20-9-7-19(8-10-20)17-23-13-15-24(16-14-23)18-21(26)25-11-5-4-6-12-25/h7-10H,4-6,11-18H2,1-3H3. The molecule has 0 saturated carbocycles. The van der Waals surface area contributed by atoms with Crippen LogP contribution in [-0.2, 0) is 16.8 Å². The molecule has 2 saturated heterocycles. The zero-order valence-corrected chi connectivity index (χ0v) is 16.8. The first kappa shape index (κ1) is 19.4. The van der Waals surface area contributed by atoms with E-state index in [-0.39, 0.29) is 5.41 Å². The molecule has 0 unspecified atom stereocenters. The average Bonchev–Trinajstić information content (AvgIpc) is 2.64. The van der Waals surface area contributed by atoms with Crippen LogP contribution in [0, 0.1) is 0 Å². The predicted octanol–water partition coefficient (Wildman–Crippen LogP) is 3.11. The molecule has 2 aliphatic heterocycles. The zero-order valence-electron chi connectivity index (χ0n) is 16.8. The lowest BCUT2D eigenvalue weighted by Crippen LogP contribution is -2.50. The molecule has 4 heteroatoms. The van der Waals surface area contributed by atoms with Crippen molar-refractivity contribution in [2.75, 3.05) is 45.8 Å². The molecule has 0 N–H and O–H groups in total. The maximum Gasteiger partial charge on any atom is 0.236 e. The van der Waals surface area contributed by atoms with E-state index in [4.69, 9.17) is 0 Å². The summed E-state index contributed by atoms with van der Waals surface area (Å²) in [6.45, 7) is 14.4. The van der Waals surface area contributed by atoms with Crippen molar-refractivity contribution in [1.29, 1.82) is 0 Å². The molecule has 0 aliphatic carbocycles. The monoisotopic (exact) mass is 357 g/mol. The van der Waals surface area contributed by atoms with Crippen LogP contribution in [0.5, 0.6) is 0 Å². The van der Waals surface area contributed by atoms with E-state index in [1.54, 1.807) is 0 Å². The summed E-state index contributed by atoms with van der Waals surface area (Å²) in [7, 11) is 0. The van der Waals surface area contributed by atoms with E-state index in [0.717, 1.165) is 45.8 Å². The Labute approximate surface area is 159 Å². The number of hydrogen-bond donors (Lipinski definition) is 0. The van der Waals surface area contributed by atoms with Gasteiger partial charge >= 0.3 is 0 Å². The Kier molecular flexibility index (Phi) is 6.36. The molecule has 3 rings (SSSR count). The number of piperazine rings is 1. The third kappa shape index (κ3) is 5.31. The Balaban J connectivity index is 1.43. The molecule has 2 heterocycles. The van der Waals surface area contributed by atoms with Crippen LogP contribution >= 0.6 is 0 Å². The smallest absolute Gasteiger partial charge is 0.236 e. The molecule has 0 aromatic heterocycles. The van der Waals surface area contributed by atoms with Crippen LogP contribution in [0.1, 0.15) is 51.2 Å². The number of nitrogens with zero attached hydrogens (tertiary/aromatic N) is 3. The molecule has 144 valence electrons. The maximum atomic E-state index is 12.4. The van der Waals surface area contributed by atoms with E-state index in [9.17, 15) is 4.79 Å². The lowest BCUT2D eigenvalue weighted by Gasteiger charge is -2.36. The molecule has 1 amide bonds.